The van der Waals surface area contributed by atoms with E-state index in [2.05, 4.69) is 30.5 Å². The van der Waals surface area contributed by atoms with Gasteiger partial charge >= 0.3 is 0 Å². The molecule has 0 saturated heterocycles. The first-order valence-corrected chi connectivity index (χ1v) is 8.52. The molecular weight excluding hydrogens is 359 g/mol. The van der Waals surface area contributed by atoms with Crippen LogP contribution < -0.4 is 10.9 Å². The standard InChI is InChI=1S/C20H13FN6O/c21-17-4-2-12(9-23-17)15-7-11-5-6-22-20(28)18(11)19(26-15)25-14-3-1-13-10-24-27-16(13)8-14/h1-10H,(H,22,28)(H,24,27)(H,25,26). The number of pyridine rings is 3. The number of aromatic amines is 2. The Morgan fingerprint density at radius 1 is 1.00 bits per heavy atom. The number of nitrogens with zero attached hydrogens (tertiary/aromatic N) is 3. The lowest BCUT2D eigenvalue weighted by Gasteiger charge is -2.11. The summed E-state index contributed by atoms with van der Waals surface area (Å²) in [6.07, 6.45) is 4.73. The zero-order chi connectivity index (χ0) is 19.1. The molecule has 5 aromatic rings. The highest BCUT2D eigenvalue weighted by atomic mass is 19.1. The number of H-pyrrole nitrogens is 2. The molecule has 0 unspecified atom stereocenters. The Bertz CT molecular complexity index is 1370. The van der Waals surface area contributed by atoms with Gasteiger partial charge in [0.25, 0.3) is 5.56 Å². The van der Waals surface area contributed by atoms with Crippen LogP contribution in [0.2, 0.25) is 0 Å². The topological polar surface area (TPSA) is 99.3 Å². The smallest absolute Gasteiger partial charge is 0.259 e. The second-order valence-corrected chi connectivity index (χ2v) is 6.29. The zero-order valence-corrected chi connectivity index (χ0v) is 14.4. The maximum Gasteiger partial charge on any atom is 0.259 e. The number of halogens is 1. The van der Waals surface area contributed by atoms with Crippen molar-refractivity contribution >= 4 is 33.2 Å². The van der Waals surface area contributed by atoms with Gasteiger partial charge in [-0.15, -0.1) is 0 Å². The van der Waals surface area contributed by atoms with E-state index in [0.29, 0.717) is 27.8 Å². The third-order valence-electron chi connectivity index (χ3n) is 4.48. The maximum absolute atomic E-state index is 13.2. The van der Waals surface area contributed by atoms with Gasteiger partial charge in [0.2, 0.25) is 5.95 Å². The van der Waals surface area contributed by atoms with Gasteiger partial charge in [0, 0.05) is 29.0 Å². The lowest BCUT2D eigenvalue weighted by Crippen LogP contribution is -2.09. The van der Waals surface area contributed by atoms with Gasteiger partial charge in [-0.3, -0.25) is 9.89 Å². The molecule has 1 aromatic carbocycles. The number of benzene rings is 1. The average Bonchev–Trinajstić information content (AvgIpc) is 3.16. The van der Waals surface area contributed by atoms with Crippen molar-refractivity contribution in [2.24, 2.45) is 0 Å². The van der Waals surface area contributed by atoms with Gasteiger partial charge < -0.3 is 10.3 Å². The van der Waals surface area contributed by atoms with Gasteiger partial charge in [0.1, 0.15) is 5.82 Å². The van der Waals surface area contributed by atoms with Crippen LogP contribution in [0.25, 0.3) is 32.9 Å². The van der Waals surface area contributed by atoms with E-state index in [1.165, 1.54) is 12.3 Å². The van der Waals surface area contributed by atoms with Crippen molar-refractivity contribution in [2.75, 3.05) is 5.32 Å². The third-order valence-corrected chi connectivity index (χ3v) is 4.48. The molecule has 3 N–H and O–H groups in total. The molecule has 4 heterocycles. The Morgan fingerprint density at radius 2 is 1.93 bits per heavy atom. The fourth-order valence-electron chi connectivity index (χ4n) is 3.13. The molecule has 0 atom stereocenters. The first-order valence-electron chi connectivity index (χ1n) is 8.52. The Kier molecular flexibility index (Phi) is 3.61. The summed E-state index contributed by atoms with van der Waals surface area (Å²) in [5, 5.41) is 12.3. The van der Waals surface area contributed by atoms with Crippen LogP contribution in [0.1, 0.15) is 0 Å². The van der Waals surface area contributed by atoms with E-state index in [1.807, 2.05) is 18.2 Å². The van der Waals surface area contributed by atoms with Crippen molar-refractivity contribution in [1.82, 2.24) is 25.1 Å². The summed E-state index contributed by atoms with van der Waals surface area (Å²) in [6, 6.07) is 12.1. The van der Waals surface area contributed by atoms with Crippen LogP contribution in [-0.4, -0.2) is 25.1 Å². The molecule has 136 valence electrons. The fraction of sp³-hybridized carbons (Fsp3) is 0. The van der Waals surface area contributed by atoms with Crippen LogP contribution in [0, 0.1) is 5.95 Å². The monoisotopic (exact) mass is 372 g/mol. The molecule has 7 nitrogen and oxygen atoms in total. The SMILES string of the molecule is O=c1[nH]ccc2cc(-c3ccc(F)nc3)nc(Nc3ccc4cn[nH]c4c3)c12. The van der Waals surface area contributed by atoms with Gasteiger partial charge in [-0.2, -0.15) is 9.49 Å². The van der Waals surface area contributed by atoms with Crippen LogP contribution in [-0.2, 0) is 0 Å². The molecule has 0 aliphatic heterocycles. The van der Waals surface area contributed by atoms with Crippen molar-refractivity contribution in [3.05, 3.63) is 77.4 Å². The van der Waals surface area contributed by atoms with Gasteiger partial charge in [-0.05, 0) is 47.9 Å². The van der Waals surface area contributed by atoms with E-state index in [0.717, 1.165) is 16.6 Å². The molecule has 8 heteroatoms. The normalized spacial score (nSPS) is 11.2. The van der Waals surface area contributed by atoms with Crippen molar-refractivity contribution in [2.45, 2.75) is 0 Å². The number of hydrogen-bond donors (Lipinski definition) is 3. The summed E-state index contributed by atoms with van der Waals surface area (Å²) in [5.74, 6) is -0.162. The molecule has 28 heavy (non-hydrogen) atoms. The molecule has 0 saturated carbocycles. The van der Waals surface area contributed by atoms with E-state index < -0.39 is 5.95 Å². The van der Waals surface area contributed by atoms with Gasteiger partial charge in [-0.1, -0.05) is 0 Å². The summed E-state index contributed by atoms with van der Waals surface area (Å²) in [7, 11) is 0. The molecule has 0 bridgehead atoms. The van der Waals surface area contributed by atoms with Gasteiger partial charge in [0.15, 0.2) is 0 Å². The minimum atomic E-state index is -0.563. The van der Waals surface area contributed by atoms with Crippen molar-refractivity contribution in [3.63, 3.8) is 0 Å². The van der Waals surface area contributed by atoms with Crippen LogP contribution in [0.3, 0.4) is 0 Å². The lowest BCUT2D eigenvalue weighted by molar-refractivity contribution is 0.584. The number of hydrogen-bond acceptors (Lipinski definition) is 5. The maximum atomic E-state index is 13.2. The van der Waals surface area contributed by atoms with E-state index in [4.69, 9.17) is 0 Å². The van der Waals surface area contributed by atoms with Crippen molar-refractivity contribution in [3.8, 4) is 11.3 Å². The fourth-order valence-corrected chi connectivity index (χ4v) is 3.13. The predicted molar refractivity (Wildman–Crippen MR) is 105 cm³/mol. The van der Waals surface area contributed by atoms with Gasteiger partial charge in [0.05, 0.1) is 22.8 Å². The second-order valence-electron chi connectivity index (χ2n) is 6.29. The highest BCUT2D eigenvalue weighted by Gasteiger charge is 2.12. The quantitative estimate of drug-likeness (QED) is 0.419. The summed E-state index contributed by atoms with van der Waals surface area (Å²) in [4.78, 5) is 23.4. The van der Waals surface area contributed by atoms with Crippen LogP contribution in [0.4, 0.5) is 15.9 Å². The number of rotatable bonds is 3. The van der Waals surface area contributed by atoms with Crippen LogP contribution in [0.5, 0.6) is 0 Å². The highest BCUT2D eigenvalue weighted by molar-refractivity contribution is 5.95. The number of nitrogens with one attached hydrogen (secondary N) is 3. The van der Waals surface area contributed by atoms with Gasteiger partial charge in [-0.25, -0.2) is 9.97 Å². The molecule has 0 radical (unpaired) electrons. The number of fused-ring (bicyclic) bond motifs is 2. The highest BCUT2D eigenvalue weighted by Crippen LogP contribution is 2.28. The first-order chi connectivity index (χ1) is 13.7. The molecule has 4 aromatic heterocycles. The minimum absolute atomic E-state index is 0.251. The van der Waals surface area contributed by atoms with E-state index >= 15 is 0 Å². The lowest BCUT2D eigenvalue weighted by atomic mass is 10.1. The first kappa shape index (κ1) is 16.1. The number of anilines is 2. The minimum Gasteiger partial charge on any atom is -0.339 e. The largest absolute Gasteiger partial charge is 0.339 e. The zero-order valence-electron chi connectivity index (χ0n) is 14.4. The second kappa shape index (κ2) is 6.27. The molecule has 0 aliphatic carbocycles. The summed E-state index contributed by atoms with van der Waals surface area (Å²) in [6.45, 7) is 0. The van der Waals surface area contributed by atoms with E-state index in [1.54, 1.807) is 30.6 Å². The summed E-state index contributed by atoms with van der Waals surface area (Å²) >= 11 is 0. The third kappa shape index (κ3) is 2.77. The summed E-state index contributed by atoms with van der Waals surface area (Å²) in [5.41, 5.74) is 2.59. The molecule has 0 fully saturated rings. The Hall–Kier alpha value is -4.07. The van der Waals surface area contributed by atoms with Crippen molar-refractivity contribution in [1.29, 1.82) is 0 Å². The molecular formula is C20H13FN6O. The van der Waals surface area contributed by atoms with E-state index in [9.17, 15) is 9.18 Å². The molecule has 5 rings (SSSR count). The molecule has 0 amide bonds. The molecule has 0 spiro atoms. The Morgan fingerprint density at radius 3 is 2.79 bits per heavy atom. The Balaban J connectivity index is 1.68. The van der Waals surface area contributed by atoms with Crippen molar-refractivity contribution < 1.29 is 4.39 Å². The van der Waals surface area contributed by atoms with E-state index in [-0.39, 0.29) is 5.56 Å². The molecule has 0 aliphatic rings. The summed E-state index contributed by atoms with van der Waals surface area (Å²) < 4.78 is 13.2. The number of aromatic nitrogens is 5. The van der Waals surface area contributed by atoms with Crippen LogP contribution in [0.15, 0.2) is 65.8 Å². The Labute approximate surface area is 157 Å². The average molecular weight is 372 g/mol. The predicted octanol–water partition coefficient (Wildman–Crippen LogP) is 3.74. The van der Waals surface area contributed by atoms with Crippen LogP contribution >= 0.6 is 0 Å².